The molecule has 1 amide bonds. The highest BCUT2D eigenvalue weighted by molar-refractivity contribution is 14.1. The Balaban J connectivity index is 1.15. The summed E-state index contributed by atoms with van der Waals surface area (Å²) in [6, 6.07) is 18.0. The molecule has 46 heavy (non-hydrogen) atoms. The van der Waals surface area contributed by atoms with Gasteiger partial charge in [-0.25, -0.2) is 14.8 Å². The summed E-state index contributed by atoms with van der Waals surface area (Å²) in [5.74, 6) is 0.341. The van der Waals surface area contributed by atoms with Crippen molar-refractivity contribution in [3.8, 4) is 21.7 Å². The van der Waals surface area contributed by atoms with Gasteiger partial charge in [0.25, 0.3) is 0 Å². The van der Waals surface area contributed by atoms with E-state index in [1.807, 2.05) is 44.4 Å². The molecule has 2 heterocycles. The summed E-state index contributed by atoms with van der Waals surface area (Å²) in [5, 5.41) is 10.7. The predicted molar refractivity (Wildman–Crippen MR) is 191 cm³/mol. The first-order valence-electron chi connectivity index (χ1n) is 15.1. The molecule has 0 aliphatic carbocycles. The summed E-state index contributed by atoms with van der Waals surface area (Å²) < 4.78 is 29.4. The molecule has 0 atom stereocenters. The Hall–Kier alpha value is -2.92. The summed E-state index contributed by atoms with van der Waals surface area (Å²) in [6.45, 7) is 4.96. The van der Waals surface area contributed by atoms with Crippen LogP contribution in [0.5, 0.6) is 0 Å². The Morgan fingerprint density at radius 3 is 1.87 bits per heavy atom. The van der Waals surface area contributed by atoms with Crippen LogP contribution in [0, 0.1) is 0 Å². The molecular formula is C33H41IN4O7S. The molecule has 0 fully saturated rings. The van der Waals surface area contributed by atoms with E-state index >= 15 is 0 Å². The van der Waals surface area contributed by atoms with E-state index in [0.29, 0.717) is 58.7 Å². The van der Waals surface area contributed by atoms with E-state index in [1.165, 1.54) is 4.90 Å². The molecule has 2 aromatic carbocycles. The molecule has 11 nitrogen and oxygen atoms in total. The Morgan fingerprint density at radius 1 is 0.761 bits per heavy atom. The van der Waals surface area contributed by atoms with Gasteiger partial charge in [-0.2, -0.15) is 0 Å². The first-order chi connectivity index (χ1) is 22.5. The number of pyridine rings is 1. The Kier molecular flexibility index (Phi) is 15.4. The minimum Gasteiger partial charge on any atom is -0.465 e. The van der Waals surface area contributed by atoms with E-state index < -0.39 is 6.09 Å². The third-order valence-electron chi connectivity index (χ3n) is 6.78. The van der Waals surface area contributed by atoms with Crippen molar-refractivity contribution in [2.45, 2.75) is 0 Å². The van der Waals surface area contributed by atoms with Crippen LogP contribution in [0.4, 0.5) is 16.3 Å². The van der Waals surface area contributed by atoms with E-state index in [-0.39, 0.29) is 13.2 Å². The lowest BCUT2D eigenvalue weighted by Crippen LogP contribution is -2.33. The molecule has 4 rings (SSSR count). The van der Waals surface area contributed by atoms with Crippen molar-refractivity contribution in [2.75, 3.05) is 101 Å². The van der Waals surface area contributed by atoms with Crippen molar-refractivity contribution in [2.24, 2.45) is 0 Å². The fraction of sp³-hybridized carbons (Fsp3) is 0.424. The number of hydrogen-bond donors (Lipinski definition) is 1. The maximum atomic E-state index is 11.9. The number of alkyl halides is 1. The average Bonchev–Trinajstić information content (AvgIpc) is 3.50. The topological polar surface area (TPSA) is 116 Å². The number of amides is 1. The van der Waals surface area contributed by atoms with Crippen molar-refractivity contribution in [1.29, 1.82) is 0 Å². The van der Waals surface area contributed by atoms with Crippen molar-refractivity contribution in [1.82, 2.24) is 9.97 Å². The van der Waals surface area contributed by atoms with E-state index in [2.05, 4.69) is 50.7 Å². The van der Waals surface area contributed by atoms with Gasteiger partial charge in [-0.05, 0) is 35.9 Å². The highest BCUT2D eigenvalue weighted by Crippen LogP contribution is 2.33. The zero-order valence-electron chi connectivity index (χ0n) is 26.2. The second kappa shape index (κ2) is 19.7. The number of thiazole rings is 1. The molecule has 0 aliphatic rings. The Labute approximate surface area is 287 Å². The van der Waals surface area contributed by atoms with Gasteiger partial charge in [-0.3, -0.25) is 4.90 Å². The summed E-state index contributed by atoms with van der Waals surface area (Å²) >= 11 is 3.94. The van der Waals surface area contributed by atoms with E-state index in [0.717, 1.165) is 48.6 Å². The second-order valence-electron chi connectivity index (χ2n) is 10.2. The number of carboxylic acid groups (broad SMARTS) is 1. The number of halogens is 1. The number of rotatable bonds is 21. The standard InChI is InChI=1S/C33H41IN4O7S/c1-37(2)28-8-9-29-30(23-28)46-32(36-29)26-5-3-25(4-6-26)27-7-10-31(35-24-27)38(33(39)40)12-14-42-16-18-44-20-22-45-21-19-43-17-15-41-13-11-34/h3-10,23-24H,11-22H2,1-2H3,(H,39,40). The number of fused-ring (bicyclic) bond motifs is 1. The van der Waals surface area contributed by atoms with Gasteiger partial charge in [0.15, 0.2) is 0 Å². The first kappa shape index (κ1) is 35.9. The van der Waals surface area contributed by atoms with Gasteiger partial charge >= 0.3 is 6.09 Å². The fourth-order valence-corrected chi connectivity index (χ4v) is 5.65. The molecule has 13 heteroatoms. The first-order valence-corrected chi connectivity index (χ1v) is 17.4. The second-order valence-corrected chi connectivity index (χ2v) is 12.3. The van der Waals surface area contributed by atoms with E-state index in [9.17, 15) is 9.90 Å². The van der Waals surface area contributed by atoms with Gasteiger partial charge in [0.05, 0.1) is 82.8 Å². The van der Waals surface area contributed by atoms with Crippen molar-refractivity contribution in [3.05, 3.63) is 60.8 Å². The smallest absolute Gasteiger partial charge is 0.413 e. The highest BCUT2D eigenvalue weighted by Gasteiger charge is 2.16. The van der Waals surface area contributed by atoms with Crippen LogP contribution in [0.3, 0.4) is 0 Å². The average molecular weight is 765 g/mol. The number of benzene rings is 2. The van der Waals surface area contributed by atoms with Crippen LogP contribution in [0.1, 0.15) is 0 Å². The molecule has 0 spiro atoms. The minimum atomic E-state index is -1.09. The summed E-state index contributed by atoms with van der Waals surface area (Å²) in [5.41, 5.74) is 5.05. The molecule has 0 aliphatic heterocycles. The van der Waals surface area contributed by atoms with Crippen LogP contribution in [0.2, 0.25) is 0 Å². The van der Waals surface area contributed by atoms with Crippen LogP contribution in [0.25, 0.3) is 31.9 Å². The lowest BCUT2D eigenvalue weighted by Gasteiger charge is -2.18. The van der Waals surface area contributed by atoms with Crippen LogP contribution >= 0.6 is 33.9 Å². The van der Waals surface area contributed by atoms with Crippen LogP contribution in [0.15, 0.2) is 60.8 Å². The van der Waals surface area contributed by atoms with Crippen LogP contribution in [-0.2, 0) is 23.7 Å². The van der Waals surface area contributed by atoms with Crippen LogP contribution in [-0.4, -0.2) is 112 Å². The number of nitrogens with zero attached hydrogens (tertiary/aromatic N) is 4. The molecule has 0 saturated carbocycles. The molecule has 0 unspecified atom stereocenters. The van der Waals surface area contributed by atoms with Crippen molar-refractivity contribution >= 4 is 61.7 Å². The maximum absolute atomic E-state index is 11.9. The molecule has 2 aromatic heterocycles. The van der Waals surface area contributed by atoms with Gasteiger partial charge in [0.2, 0.25) is 0 Å². The Morgan fingerprint density at radius 2 is 1.33 bits per heavy atom. The zero-order valence-corrected chi connectivity index (χ0v) is 29.2. The Bertz CT molecular complexity index is 1470. The lowest BCUT2D eigenvalue weighted by atomic mass is 10.1. The fourth-order valence-electron chi connectivity index (χ4n) is 4.34. The van der Waals surface area contributed by atoms with Crippen molar-refractivity contribution in [3.63, 3.8) is 0 Å². The third kappa shape index (κ3) is 11.4. The molecule has 4 aromatic rings. The third-order valence-corrected chi connectivity index (χ3v) is 8.29. The predicted octanol–water partition coefficient (Wildman–Crippen LogP) is 6.09. The molecule has 0 radical (unpaired) electrons. The number of carbonyl (C=O) groups is 1. The number of hydrogen-bond acceptors (Lipinski definition) is 10. The summed E-state index contributed by atoms with van der Waals surface area (Å²) in [7, 11) is 4.06. The molecule has 0 saturated heterocycles. The molecule has 0 bridgehead atoms. The van der Waals surface area contributed by atoms with Crippen molar-refractivity contribution < 1.29 is 33.6 Å². The van der Waals surface area contributed by atoms with E-state index in [1.54, 1.807) is 23.6 Å². The molecule has 248 valence electrons. The monoisotopic (exact) mass is 764 g/mol. The largest absolute Gasteiger partial charge is 0.465 e. The quantitative estimate of drug-likeness (QED) is 0.0607. The molecule has 1 N–H and O–H groups in total. The SMILES string of the molecule is CN(C)c1ccc2nc(-c3ccc(-c4ccc(N(CCOCCOCCOCCOCCOCCI)C(=O)O)nc4)cc3)sc2c1. The maximum Gasteiger partial charge on any atom is 0.413 e. The zero-order chi connectivity index (χ0) is 32.6. The summed E-state index contributed by atoms with van der Waals surface area (Å²) in [6.07, 6.45) is 0.595. The number of aromatic nitrogens is 2. The molecular weight excluding hydrogens is 723 g/mol. The normalized spacial score (nSPS) is 11.3. The lowest BCUT2D eigenvalue weighted by molar-refractivity contribution is -0.00947. The van der Waals surface area contributed by atoms with Gasteiger partial charge in [0, 0.05) is 41.5 Å². The van der Waals surface area contributed by atoms with Crippen LogP contribution < -0.4 is 9.80 Å². The van der Waals surface area contributed by atoms with Gasteiger partial charge in [-0.15, -0.1) is 11.3 Å². The summed E-state index contributed by atoms with van der Waals surface area (Å²) in [4.78, 5) is 24.4. The number of anilines is 2. The highest BCUT2D eigenvalue weighted by atomic mass is 127. The van der Waals surface area contributed by atoms with E-state index in [4.69, 9.17) is 28.7 Å². The van der Waals surface area contributed by atoms with Gasteiger partial charge < -0.3 is 33.7 Å². The van der Waals surface area contributed by atoms with Gasteiger partial charge in [0.1, 0.15) is 10.8 Å². The minimum absolute atomic E-state index is 0.154. The number of ether oxygens (including phenoxy) is 5. The van der Waals surface area contributed by atoms with Gasteiger partial charge in [-0.1, -0.05) is 46.9 Å².